The number of rotatable bonds is 6. The Morgan fingerprint density at radius 2 is 1.00 bits per heavy atom. The van der Waals surface area contributed by atoms with E-state index >= 15 is 0 Å². The molecule has 9 aromatic rings. The number of benzene rings is 5. The van der Waals surface area contributed by atoms with Gasteiger partial charge >= 0.3 is 0 Å². The molecule has 4 heterocycles. The second-order valence-electron chi connectivity index (χ2n) is 12.3. The topological polar surface area (TPSA) is 95.2 Å². The Balaban J connectivity index is 1.36. The van der Waals surface area contributed by atoms with Crippen molar-refractivity contribution in [2.75, 3.05) is 0 Å². The summed E-state index contributed by atoms with van der Waals surface area (Å²) in [6.45, 7) is 3.79. The van der Waals surface area contributed by atoms with Crippen LogP contribution in [0.3, 0.4) is 0 Å². The first-order chi connectivity index (χ1) is 25.1. The number of nitrogens with zero attached hydrogens (tertiary/aromatic N) is 8. The Labute approximate surface area is 294 Å². The van der Waals surface area contributed by atoms with E-state index in [0.717, 1.165) is 61.0 Å². The molecular weight excluding hydrogens is 629 g/mol. The molecule has 8 heteroatoms. The molecule has 0 spiro atoms. The molecule has 5 aromatic carbocycles. The first-order valence-corrected chi connectivity index (χ1v) is 16.7. The van der Waals surface area contributed by atoms with Gasteiger partial charge in [-0.3, -0.25) is 4.98 Å². The van der Waals surface area contributed by atoms with Gasteiger partial charge in [-0.2, -0.15) is 0 Å². The van der Waals surface area contributed by atoms with Crippen molar-refractivity contribution >= 4 is 21.8 Å². The van der Waals surface area contributed by atoms with Crippen molar-refractivity contribution in [3.05, 3.63) is 157 Å². The smallest absolute Gasteiger partial charge is 0.166 e. The number of pyridine rings is 1. The Bertz CT molecular complexity index is 2630. The van der Waals surface area contributed by atoms with Crippen molar-refractivity contribution < 1.29 is 0 Å². The minimum Gasteiger partial charge on any atom is -0.308 e. The first kappa shape index (κ1) is 30.2. The molecule has 0 aliphatic heterocycles. The van der Waals surface area contributed by atoms with Gasteiger partial charge in [0, 0.05) is 44.8 Å². The average Bonchev–Trinajstić information content (AvgIpc) is 3.51. The summed E-state index contributed by atoms with van der Waals surface area (Å²) in [5, 5.41) is 2.25. The van der Waals surface area contributed by atoms with Gasteiger partial charge in [0.15, 0.2) is 23.3 Å². The first-order valence-electron chi connectivity index (χ1n) is 16.7. The van der Waals surface area contributed by atoms with Crippen LogP contribution in [0.5, 0.6) is 0 Å². The van der Waals surface area contributed by atoms with Crippen LogP contribution in [0.2, 0.25) is 0 Å². The summed E-state index contributed by atoms with van der Waals surface area (Å²) >= 11 is 0. The lowest BCUT2D eigenvalue weighted by molar-refractivity contribution is 0.928. The highest BCUT2D eigenvalue weighted by molar-refractivity contribution is 6.10. The number of aromatic nitrogens is 8. The molecule has 0 amide bonds. The molecular formula is C43H30N8. The Morgan fingerprint density at radius 1 is 0.412 bits per heavy atom. The van der Waals surface area contributed by atoms with Gasteiger partial charge in [0.1, 0.15) is 11.6 Å². The summed E-state index contributed by atoms with van der Waals surface area (Å²) in [7, 11) is 0. The van der Waals surface area contributed by atoms with E-state index in [4.69, 9.17) is 15.0 Å². The summed E-state index contributed by atoms with van der Waals surface area (Å²) in [4.78, 5) is 33.8. The highest BCUT2D eigenvalue weighted by Gasteiger charge is 2.21. The van der Waals surface area contributed by atoms with E-state index in [9.17, 15) is 0 Å². The van der Waals surface area contributed by atoms with E-state index in [1.54, 1.807) is 0 Å². The van der Waals surface area contributed by atoms with Crippen molar-refractivity contribution in [1.82, 2.24) is 39.5 Å². The minimum atomic E-state index is 0.557. The van der Waals surface area contributed by atoms with Crippen LogP contribution in [-0.2, 0) is 0 Å². The molecule has 8 nitrogen and oxygen atoms in total. The highest BCUT2D eigenvalue weighted by atomic mass is 15.1. The maximum atomic E-state index is 5.17. The van der Waals surface area contributed by atoms with Crippen LogP contribution in [0.4, 0.5) is 0 Å². The molecule has 0 radical (unpaired) electrons. The van der Waals surface area contributed by atoms with Crippen molar-refractivity contribution in [1.29, 1.82) is 0 Å². The van der Waals surface area contributed by atoms with E-state index in [2.05, 4.69) is 85.2 Å². The van der Waals surface area contributed by atoms with Crippen molar-refractivity contribution in [2.45, 2.75) is 13.8 Å². The van der Waals surface area contributed by atoms with Gasteiger partial charge in [0.2, 0.25) is 0 Å². The summed E-state index contributed by atoms with van der Waals surface area (Å²) < 4.78 is 2.29. The van der Waals surface area contributed by atoms with Gasteiger partial charge in [-0.25, -0.2) is 29.9 Å². The quantitative estimate of drug-likeness (QED) is 0.176. The molecule has 0 fully saturated rings. The highest BCUT2D eigenvalue weighted by Crippen LogP contribution is 2.39. The van der Waals surface area contributed by atoms with Crippen LogP contribution in [0, 0.1) is 13.8 Å². The van der Waals surface area contributed by atoms with E-state index < -0.39 is 0 Å². The fourth-order valence-corrected chi connectivity index (χ4v) is 6.65. The van der Waals surface area contributed by atoms with Crippen molar-refractivity contribution in [2.24, 2.45) is 0 Å². The number of hydrogen-bond donors (Lipinski definition) is 0. The molecule has 242 valence electrons. The number of fused-ring (bicyclic) bond motifs is 3. The lowest BCUT2D eigenvalue weighted by atomic mass is 10.0. The number of hydrogen-bond acceptors (Lipinski definition) is 7. The number of aryl methyl sites for hydroxylation is 2. The predicted octanol–water partition coefficient (Wildman–Crippen LogP) is 9.50. The molecule has 9 rings (SSSR count). The zero-order chi connectivity index (χ0) is 34.3. The van der Waals surface area contributed by atoms with Crippen LogP contribution in [0.15, 0.2) is 146 Å². The molecule has 0 saturated carbocycles. The SMILES string of the molecule is Cc1nc(C)nc(-c2ccc3c4ccccc4n(-c4ccc(-c5ccccn5)cc4-c4nc(-c5ccccc5)nc(-c5ccccc5)n4)c3c2)n1. The van der Waals surface area contributed by atoms with Gasteiger partial charge in [-0.1, -0.05) is 103 Å². The lowest BCUT2D eigenvalue weighted by Gasteiger charge is -2.16. The Hall–Kier alpha value is -6.93. The van der Waals surface area contributed by atoms with Crippen LogP contribution in [0.25, 0.3) is 84.3 Å². The Kier molecular flexibility index (Phi) is 7.39. The molecule has 0 bridgehead atoms. The van der Waals surface area contributed by atoms with Gasteiger partial charge in [0.25, 0.3) is 0 Å². The molecule has 0 aliphatic rings. The monoisotopic (exact) mass is 658 g/mol. The van der Waals surface area contributed by atoms with E-state index in [-0.39, 0.29) is 0 Å². The predicted molar refractivity (Wildman–Crippen MR) is 202 cm³/mol. The summed E-state index contributed by atoms with van der Waals surface area (Å²) in [6.07, 6.45) is 1.81. The van der Waals surface area contributed by atoms with E-state index in [1.807, 2.05) is 98.9 Å². The third-order valence-electron chi connectivity index (χ3n) is 8.93. The van der Waals surface area contributed by atoms with Crippen LogP contribution < -0.4 is 0 Å². The van der Waals surface area contributed by atoms with Gasteiger partial charge < -0.3 is 4.57 Å². The fraction of sp³-hybridized carbons (Fsp3) is 0.0465. The fourth-order valence-electron chi connectivity index (χ4n) is 6.65. The van der Waals surface area contributed by atoms with Gasteiger partial charge in [-0.15, -0.1) is 0 Å². The lowest BCUT2D eigenvalue weighted by Crippen LogP contribution is -2.04. The van der Waals surface area contributed by atoms with Gasteiger partial charge in [0.05, 0.1) is 22.4 Å². The second-order valence-corrected chi connectivity index (χ2v) is 12.3. The van der Waals surface area contributed by atoms with Gasteiger partial charge in [-0.05, 0) is 50.2 Å². The zero-order valence-corrected chi connectivity index (χ0v) is 27.9. The largest absolute Gasteiger partial charge is 0.308 e. The maximum absolute atomic E-state index is 5.17. The molecule has 0 unspecified atom stereocenters. The second kappa shape index (κ2) is 12.5. The normalized spacial score (nSPS) is 11.3. The Morgan fingerprint density at radius 3 is 1.69 bits per heavy atom. The van der Waals surface area contributed by atoms with Crippen molar-refractivity contribution in [3.63, 3.8) is 0 Å². The zero-order valence-electron chi connectivity index (χ0n) is 27.9. The number of para-hydroxylation sites is 1. The summed E-state index contributed by atoms with van der Waals surface area (Å²) in [6, 6.07) is 47.3. The molecule has 0 N–H and O–H groups in total. The van der Waals surface area contributed by atoms with E-state index in [1.165, 1.54) is 0 Å². The van der Waals surface area contributed by atoms with Crippen LogP contribution in [-0.4, -0.2) is 39.5 Å². The third-order valence-corrected chi connectivity index (χ3v) is 8.93. The van der Waals surface area contributed by atoms with Crippen LogP contribution in [0.1, 0.15) is 11.6 Å². The molecule has 0 saturated heterocycles. The molecule has 0 aliphatic carbocycles. The van der Waals surface area contributed by atoms with Crippen molar-refractivity contribution in [3.8, 4) is 62.5 Å². The summed E-state index contributed by atoms with van der Waals surface area (Å²) in [5.74, 6) is 3.76. The summed E-state index contributed by atoms with van der Waals surface area (Å²) in [5.41, 5.74) is 8.36. The molecule has 51 heavy (non-hydrogen) atoms. The maximum Gasteiger partial charge on any atom is 0.166 e. The molecule has 0 atom stereocenters. The third kappa shape index (κ3) is 5.58. The average molecular weight is 659 g/mol. The minimum absolute atomic E-state index is 0.557. The standard InChI is InChI=1S/C43H30N8/c1-27-45-28(2)47-42(46-27)32-20-22-34-33-17-9-10-19-37(33)51(39(34)26-32)38-23-21-31(36-18-11-12-24-44-36)25-35(38)43-49-40(29-13-5-3-6-14-29)48-41(50-43)30-15-7-4-8-16-30/h3-26H,1-2H3. The van der Waals surface area contributed by atoms with Crippen LogP contribution >= 0.6 is 0 Å². The molecule has 4 aromatic heterocycles. The van der Waals surface area contributed by atoms with E-state index in [0.29, 0.717) is 34.9 Å².